The maximum atomic E-state index is 14.2. The minimum Gasteiger partial charge on any atom is -0.445 e. The molecule has 1 saturated heterocycles. The van der Waals surface area contributed by atoms with Crippen molar-refractivity contribution in [2.24, 2.45) is 0 Å². The first-order chi connectivity index (χ1) is 22.8. The molecule has 1 fully saturated rings. The van der Waals surface area contributed by atoms with Gasteiger partial charge in [0.15, 0.2) is 0 Å². The van der Waals surface area contributed by atoms with Gasteiger partial charge >= 0.3 is 58.4 Å². The van der Waals surface area contributed by atoms with E-state index >= 15 is 0 Å². The smallest absolute Gasteiger partial charge is 0.445 e. The molecule has 3 nitrogen and oxygen atoms in total. The Morgan fingerprint density at radius 3 is 0.882 bits per heavy atom. The van der Waals surface area contributed by atoms with Crippen LogP contribution in [0, 0.1) is 19.7 Å². The summed E-state index contributed by atoms with van der Waals surface area (Å²) in [6.45, 7) is 1.02. The second-order valence-electron chi connectivity index (χ2n) is 10.8. The molecule has 1 aliphatic heterocycles. The fourth-order valence-corrected chi connectivity index (χ4v) is 5.20. The van der Waals surface area contributed by atoms with Crippen LogP contribution < -0.4 is 16.4 Å². The molecule has 0 N–H and O–H groups in total. The van der Waals surface area contributed by atoms with Crippen molar-refractivity contribution in [2.45, 2.75) is 50.9 Å². The first kappa shape index (κ1) is 40.2. The number of rotatable bonds is 3. The van der Waals surface area contributed by atoms with Crippen LogP contribution in [0.5, 0.6) is 0 Å². The fraction of sp³-hybridized carbons (Fsp3) is 0.308. The molecule has 276 valence electrons. The molecule has 0 aliphatic carbocycles. The molecule has 25 heteroatoms. The van der Waals surface area contributed by atoms with E-state index in [2.05, 4.69) is 0 Å². The van der Waals surface area contributed by atoms with Gasteiger partial charge in [-0.2, -0.15) is 79.0 Å². The largest absolute Gasteiger partial charge is 0.468 e. The van der Waals surface area contributed by atoms with Crippen molar-refractivity contribution >= 4 is 37.7 Å². The third kappa shape index (κ3) is 8.39. The number of halogens is 19. The van der Waals surface area contributed by atoms with Crippen molar-refractivity contribution in [1.29, 1.82) is 0 Å². The van der Waals surface area contributed by atoms with Gasteiger partial charge in [0.05, 0.1) is 33.4 Å². The van der Waals surface area contributed by atoms with Crippen LogP contribution in [0.3, 0.4) is 0 Å². The highest BCUT2D eigenvalue weighted by atomic mass is 19.4. The third-order valence-corrected chi connectivity index (χ3v) is 7.24. The molecule has 1 aliphatic rings. The lowest BCUT2D eigenvalue weighted by atomic mass is 9.57. The Kier molecular flexibility index (Phi) is 10.1. The fourth-order valence-electron chi connectivity index (χ4n) is 5.20. The Morgan fingerprint density at radius 2 is 0.627 bits per heavy atom. The first-order valence-corrected chi connectivity index (χ1v) is 13.3. The van der Waals surface area contributed by atoms with Gasteiger partial charge in [-0.05, 0) is 61.2 Å². The van der Waals surface area contributed by atoms with Crippen molar-refractivity contribution in [3.05, 3.63) is 86.7 Å². The van der Waals surface area contributed by atoms with Crippen molar-refractivity contribution < 1.29 is 97.1 Å². The minimum absolute atomic E-state index is 0.00146. The van der Waals surface area contributed by atoms with E-state index in [0.29, 0.717) is 13.8 Å². The second-order valence-corrected chi connectivity index (χ2v) is 10.8. The zero-order valence-corrected chi connectivity index (χ0v) is 24.6. The maximum Gasteiger partial charge on any atom is 0.468 e. The molecule has 1 heterocycles. The van der Waals surface area contributed by atoms with E-state index in [9.17, 15) is 83.4 Å². The summed E-state index contributed by atoms with van der Waals surface area (Å²) in [5, 5.41) is 0. The summed E-state index contributed by atoms with van der Waals surface area (Å²) in [7, 11) is -9.74. The van der Waals surface area contributed by atoms with Crippen molar-refractivity contribution in [2.75, 3.05) is 0 Å². The molecular formula is C26H12B3F19O3. The SMILES string of the molecule is Cc1cc(C(F)(F)F)cc(C(F)(F)F)c1B1OB(c2c(C)cc(C(F)(F)F)cc2C(F)(F)F)OB(c2c(C(F)(F)F)cc(F)cc2C(F)(F)F)O1. The first-order valence-electron chi connectivity index (χ1n) is 13.3. The lowest BCUT2D eigenvalue weighted by molar-refractivity contribution is -0.144. The lowest BCUT2D eigenvalue weighted by Crippen LogP contribution is -2.64. The van der Waals surface area contributed by atoms with Crippen LogP contribution in [-0.4, -0.2) is 21.4 Å². The normalized spacial score (nSPS) is 15.6. The predicted octanol–water partition coefficient (Wildman–Crippen LogP) is 8.10. The van der Waals surface area contributed by atoms with Gasteiger partial charge in [0.2, 0.25) is 0 Å². The van der Waals surface area contributed by atoms with Crippen LogP contribution in [0.25, 0.3) is 0 Å². The number of aryl methyl sites for hydroxylation is 2. The van der Waals surface area contributed by atoms with E-state index in [4.69, 9.17) is 13.7 Å². The average molecular weight is 766 g/mol. The topological polar surface area (TPSA) is 27.7 Å². The average Bonchev–Trinajstić information content (AvgIpc) is 2.92. The number of alkyl halides is 18. The summed E-state index contributed by atoms with van der Waals surface area (Å²) in [6, 6.07) is -2.26. The van der Waals surface area contributed by atoms with E-state index in [1.54, 1.807) is 0 Å². The molecule has 3 aromatic carbocycles. The molecule has 0 atom stereocenters. The second kappa shape index (κ2) is 12.8. The van der Waals surface area contributed by atoms with Crippen molar-refractivity contribution in [1.82, 2.24) is 0 Å². The maximum absolute atomic E-state index is 14.2. The zero-order valence-electron chi connectivity index (χ0n) is 24.6. The van der Waals surface area contributed by atoms with E-state index in [0.717, 1.165) is 0 Å². The Hall–Kier alpha value is -3.60. The molecule has 0 bridgehead atoms. The highest BCUT2D eigenvalue weighted by molar-refractivity contribution is 6.88. The summed E-state index contributed by atoms with van der Waals surface area (Å²) in [5.41, 5.74) is -21.6. The number of hydrogen-bond donors (Lipinski definition) is 0. The molecular weight excluding hydrogens is 754 g/mol. The van der Waals surface area contributed by atoms with E-state index in [1.165, 1.54) is 0 Å². The van der Waals surface area contributed by atoms with Gasteiger partial charge in [-0.25, -0.2) is 4.39 Å². The van der Waals surface area contributed by atoms with Crippen LogP contribution in [0.2, 0.25) is 0 Å². The van der Waals surface area contributed by atoms with Crippen LogP contribution >= 0.6 is 0 Å². The van der Waals surface area contributed by atoms with E-state index < -0.39 is 149 Å². The molecule has 0 radical (unpaired) electrons. The molecule has 51 heavy (non-hydrogen) atoms. The molecule has 0 saturated carbocycles. The molecule has 0 amide bonds. The van der Waals surface area contributed by atoms with Gasteiger partial charge in [0.25, 0.3) is 0 Å². The molecule has 3 aromatic rings. The number of benzene rings is 3. The lowest BCUT2D eigenvalue weighted by Gasteiger charge is -2.36. The van der Waals surface area contributed by atoms with Gasteiger partial charge in [-0.1, -0.05) is 11.1 Å². The summed E-state index contributed by atoms with van der Waals surface area (Å²) >= 11 is 0. The summed E-state index contributed by atoms with van der Waals surface area (Å²) in [5.74, 6) is -2.20. The highest BCUT2D eigenvalue weighted by Crippen LogP contribution is 2.40. The predicted molar refractivity (Wildman–Crippen MR) is 138 cm³/mol. The summed E-state index contributed by atoms with van der Waals surface area (Å²) in [6.07, 6.45) is -34.7. The van der Waals surface area contributed by atoms with Gasteiger partial charge < -0.3 is 13.7 Å². The van der Waals surface area contributed by atoms with Gasteiger partial charge in [-0.3, -0.25) is 0 Å². The Labute approximate surface area is 273 Å². The van der Waals surface area contributed by atoms with Gasteiger partial charge in [0.1, 0.15) is 5.82 Å². The third-order valence-electron chi connectivity index (χ3n) is 7.24. The Balaban J connectivity index is 2.12. The summed E-state index contributed by atoms with van der Waals surface area (Å²) in [4.78, 5) is 0. The van der Waals surface area contributed by atoms with Crippen LogP contribution in [0.4, 0.5) is 83.4 Å². The van der Waals surface area contributed by atoms with E-state index in [-0.39, 0.29) is 12.1 Å². The Morgan fingerprint density at radius 1 is 0.373 bits per heavy atom. The Bertz CT molecular complexity index is 1680. The molecule has 0 aromatic heterocycles. The highest BCUT2D eigenvalue weighted by Gasteiger charge is 2.55. The molecule has 4 rings (SSSR count). The quantitative estimate of drug-likeness (QED) is 0.199. The molecule has 0 unspecified atom stereocenters. The van der Waals surface area contributed by atoms with E-state index in [1.807, 2.05) is 0 Å². The summed E-state index contributed by atoms with van der Waals surface area (Å²) < 4.78 is 279. The van der Waals surface area contributed by atoms with Crippen molar-refractivity contribution in [3.8, 4) is 0 Å². The van der Waals surface area contributed by atoms with Crippen LogP contribution in [0.15, 0.2) is 36.4 Å². The van der Waals surface area contributed by atoms with Gasteiger partial charge in [-0.15, -0.1) is 0 Å². The molecule has 0 spiro atoms. The van der Waals surface area contributed by atoms with Crippen LogP contribution in [-0.2, 0) is 50.8 Å². The minimum atomic E-state index is -5.99. The monoisotopic (exact) mass is 766 g/mol. The standard InChI is InChI=1S/C26H12B3F19O3/c1-9-3-11(21(31,32)33)5-14(23(37,38)39)18(9)27-49-28(19-10(2)4-12(22(34,35)36)6-15(19)24(40,41)42)51-29(50-27)20-16(25(43,44)45)7-13(30)8-17(20)26(46,47)48/h3-8H,1-2H3. The zero-order chi connectivity index (χ0) is 39.0. The van der Waals surface area contributed by atoms with Crippen molar-refractivity contribution in [3.63, 3.8) is 0 Å². The van der Waals surface area contributed by atoms with Gasteiger partial charge in [0, 0.05) is 5.46 Å². The van der Waals surface area contributed by atoms with Crippen LogP contribution in [0.1, 0.15) is 44.5 Å². The number of hydrogen-bond acceptors (Lipinski definition) is 3.